The van der Waals surface area contributed by atoms with Crippen molar-refractivity contribution in [2.24, 2.45) is 7.05 Å². The van der Waals surface area contributed by atoms with E-state index in [0.717, 1.165) is 38.0 Å². The first-order chi connectivity index (χ1) is 16.8. The van der Waals surface area contributed by atoms with E-state index in [0.29, 0.717) is 18.8 Å². The molecule has 4 nitrogen and oxygen atoms in total. The van der Waals surface area contributed by atoms with Crippen LogP contribution in [0.4, 0.5) is 13.2 Å². The van der Waals surface area contributed by atoms with Crippen molar-refractivity contribution in [1.82, 2.24) is 14.7 Å². The van der Waals surface area contributed by atoms with Gasteiger partial charge in [0.25, 0.3) is 0 Å². The minimum atomic E-state index is -4.35. The second-order valence-electron chi connectivity index (χ2n) is 7.43. The van der Waals surface area contributed by atoms with Crippen molar-refractivity contribution in [2.75, 3.05) is 0 Å². The number of rotatable bonds is 6. The molecule has 35 heavy (non-hydrogen) atoms. The summed E-state index contributed by atoms with van der Waals surface area (Å²) in [5.41, 5.74) is 1.94. The van der Waals surface area contributed by atoms with Crippen LogP contribution in [0.2, 0.25) is 0 Å². The predicted octanol–water partition coefficient (Wildman–Crippen LogP) is 7.35. The first-order valence-electron chi connectivity index (χ1n) is 11.2. The average molecular weight is 502 g/mol. The Balaban J connectivity index is 0.000000231. The van der Waals surface area contributed by atoms with Crippen LogP contribution in [0, 0.1) is 6.92 Å². The van der Waals surface area contributed by atoms with Crippen molar-refractivity contribution in [3.8, 4) is 10.6 Å². The maximum Gasteiger partial charge on any atom is 0.433 e. The van der Waals surface area contributed by atoms with Crippen LogP contribution in [-0.2, 0) is 31.1 Å². The SMILES string of the molecule is CC.Cc1ccc(-c2cc(C(F)(F)F)n(C)n2)s1.O=CN(Cc1ccccc1)Cc1ccccc1. The molecule has 0 saturated heterocycles. The lowest BCUT2D eigenvalue weighted by molar-refractivity contribution is -0.143. The number of nitrogens with zero attached hydrogens (tertiary/aromatic N) is 3. The van der Waals surface area contributed by atoms with E-state index in [4.69, 9.17) is 0 Å². The smallest absolute Gasteiger partial charge is 0.337 e. The zero-order chi connectivity index (χ0) is 25.8. The third-order valence-electron chi connectivity index (χ3n) is 4.77. The second kappa shape index (κ2) is 13.5. The lowest BCUT2D eigenvalue weighted by Crippen LogP contribution is -2.20. The standard InChI is InChI=1S/C15H15NO.C10H9F3N2S.C2H6/c17-13-16(11-14-7-3-1-4-8-14)12-15-9-5-2-6-10-15;1-6-3-4-8(16-6)7-5-9(10(11,12)13)15(2)14-7;1-2/h1-10,13H,11-12H2;3-5H,1-2H3;1-2H3. The number of carbonyl (C=O) groups is 1. The number of benzene rings is 2. The highest BCUT2D eigenvalue weighted by molar-refractivity contribution is 7.15. The van der Waals surface area contributed by atoms with Crippen molar-refractivity contribution in [3.05, 3.63) is 101 Å². The molecule has 0 saturated carbocycles. The Hall–Kier alpha value is -3.39. The molecule has 4 aromatic rings. The summed E-state index contributed by atoms with van der Waals surface area (Å²) in [6.07, 6.45) is -3.45. The molecule has 0 fully saturated rings. The highest BCUT2D eigenvalue weighted by atomic mass is 32.1. The molecule has 0 atom stereocenters. The summed E-state index contributed by atoms with van der Waals surface area (Å²) < 4.78 is 38.4. The number of aryl methyl sites for hydroxylation is 2. The van der Waals surface area contributed by atoms with Gasteiger partial charge in [-0.1, -0.05) is 74.5 Å². The number of alkyl halides is 3. The topological polar surface area (TPSA) is 38.1 Å². The molecule has 2 aromatic carbocycles. The molecule has 0 aliphatic rings. The summed E-state index contributed by atoms with van der Waals surface area (Å²) in [7, 11) is 1.30. The quantitative estimate of drug-likeness (QED) is 0.259. The van der Waals surface area contributed by atoms with E-state index in [9.17, 15) is 18.0 Å². The highest BCUT2D eigenvalue weighted by Crippen LogP contribution is 2.33. The van der Waals surface area contributed by atoms with Gasteiger partial charge in [-0.3, -0.25) is 9.48 Å². The monoisotopic (exact) mass is 501 g/mol. The molecular formula is C27H30F3N3OS. The lowest BCUT2D eigenvalue weighted by Gasteiger charge is -2.17. The van der Waals surface area contributed by atoms with Gasteiger partial charge >= 0.3 is 6.18 Å². The van der Waals surface area contributed by atoms with Crippen LogP contribution in [0.1, 0.15) is 35.5 Å². The predicted molar refractivity (Wildman–Crippen MR) is 136 cm³/mol. The third kappa shape index (κ3) is 8.72. The summed E-state index contributed by atoms with van der Waals surface area (Å²) in [6, 6.07) is 24.7. The van der Waals surface area contributed by atoms with Gasteiger partial charge in [-0.2, -0.15) is 18.3 Å². The van der Waals surface area contributed by atoms with Crippen LogP contribution >= 0.6 is 11.3 Å². The van der Waals surface area contributed by atoms with Gasteiger partial charge in [-0.05, 0) is 36.2 Å². The summed E-state index contributed by atoms with van der Waals surface area (Å²) in [5, 5.41) is 3.87. The molecule has 186 valence electrons. The molecular weight excluding hydrogens is 471 g/mol. The van der Waals surface area contributed by atoms with Crippen molar-refractivity contribution < 1.29 is 18.0 Å². The van der Waals surface area contributed by atoms with Crippen LogP contribution in [0.25, 0.3) is 10.6 Å². The fraction of sp³-hybridized carbons (Fsp3) is 0.259. The molecule has 4 rings (SSSR count). The molecule has 8 heteroatoms. The molecule has 0 N–H and O–H groups in total. The summed E-state index contributed by atoms with van der Waals surface area (Å²) >= 11 is 1.43. The molecule has 2 aromatic heterocycles. The molecule has 0 spiro atoms. The molecule has 1 amide bonds. The first kappa shape index (κ1) is 27.9. The van der Waals surface area contributed by atoms with Gasteiger partial charge in [0.2, 0.25) is 6.41 Å². The molecule has 0 unspecified atom stereocenters. The van der Waals surface area contributed by atoms with Gasteiger partial charge in [0.1, 0.15) is 11.4 Å². The molecule has 0 radical (unpaired) electrons. The Labute approximate surface area is 208 Å². The average Bonchev–Trinajstić information content (AvgIpc) is 3.47. The van der Waals surface area contributed by atoms with E-state index in [1.54, 1.807) is 11.0 Å². The van der Waals surface area contributed by atoms with Crippen LogP contribution in [0.5, 0.6) is 0 Å². The van der Waals surface area contributed by atoms with E-state index in [1.165, 1.54) is 18.4 Å². The van der Waals surface area contributed by atoms with Gasteiger partial charge in [-0.15, -0.1) is 11.3 Å². The van der Waals surface area contributed by atoms with Crippen LogP contribution in [0.3, 0.4) is 0 Å². The van der Waals surface area contributed by atoms with Gasteiger partial charge in [0.15, 0.2) is 0 Å². The highest BCUT2D eigenvalue weighted by Gasteiger charge is 2.35. The van der Waals surface area contributed by atoms with Crippen LogP contribution in [-0.4, -0.2) is 21.1 Å². The van der Waals surface area contributed by atoms with Crippen molar-refractivity contribution in [1.29, 1.82) is 0 Å². The Morgan fingerprint density at radius 3 is 1.80 bits per heavy atom. The van der Waals surface area contributed by atoms with E-state index < -0.39 is 11.9 Å². The summed E-state index contributed by atoms with van der Waals surface area (Å²) in [6.45, 7) is 7.21. The van der Waals surface area contributed by atoms with Crippen molar-refractivity contribution in [3.63, 3.8) is 0 Å². The number of thiophene rings is 1. The molecule has 0 aliphatic heterocycles. The normalized spacial score (nSPS) is 10.5. The largest absolute Gasteiger partial charge is 0.433 e. The summed E-state index contributed by atoms with van der Waals surface area (Å²) in [4.78, 5) is 14.6. The molecule has 0 aliphatic carbocycles. The molecule has 0 bridgehead atoms. The number of hydrogen-bond acceptors (Lipinski definition) is 3. The Morgan fingerprint density at radius 2 is 1.43 bits per heavy atom. The lowest BCUT2D eigenvalue weighted by atomic mass is 10.2. The van der Waals surface area contributed by atoms with Gasteiger partial charge in [-0.25, -0.2) is 0 Å². The van der Waals surface area contributed by atoms with Crippen molar-refractivity contribution >= 4 is 17.7 Å². The third-order valence-corrected chi connectivity index (χ3v) is 5.79. The van der Waals surface area contributed by atoms with E-state index >= 15 is 0 Å². The van der Waals surface area contributed by atoms with E-state index in [-0.39, 0.29) is 0 Å². The fourth-order valence-electron chi connectivity index (χ4n) is 3.19. The Kier molecular flexibility index (Phi) is 10.7. The van der Waals surface area contributed by atoms with E-state index in [1.807, 2.05) is 87.5 Å². The number of amides is 1. The van der Waals surface area contributed by atoms with Crippen LogP contribution in [0.15, 0.2) is 78.9 Å². The molecule has 2 heterocycles. The number of halogens is 3. The van der Waals surface area contributed by atoms with Gasteiger partial charge < -0.3 is 4.90 Å². The number of hydrogen-bond donors (Lipinski definition) is 0. The van der Waals surface area contributed by atoms with E-state index in [2.05, 4.69) is 5.10 Å². The first-order valence-corrected chi connectivity index (χ1v) is 12.0. The maximum absolute atomic E-state index is 12.5. The van der Waals surface area contributed by atoms with Gasteiger partial charge in [0.05, 0.1) is 4.88 Å². The zero-order valence-corrected chi connectivity index (χ0v) is 21.1. The minimum Gasteiger partial charge on any atom is -0.337 e. The number of aromatic nitrogens is 2. The number of carbonyl (C=O) groups excluding carboxylic acids is 1. The van der Waals surface area contributed by atoms with Gasteiger partial charge in [0, 0.05) is 25.0 Å². The maximum atomic E-state index is 12.5. The van der Waals surface area contributed by atoms with Crippen molar-refractivity contribution in [2.45, 2.75) is 40.0 Å². The Morgan fingerprint density at radius 1 is 0.914 bits per heavy atom. The second-order valence-corrected chi connectivity index (χ2v) is 8.72. The summed E-state index contributed by atoms with van der Waals surface area (Å²) in [5.74, 6) is 0. The Bertz CT molecular complexity index is 1110. The fourth-order valence-corrected chi connectivity index (χ4v) is 4.01. The minimum absolute atomic E-state index is 0.368. The van der Waals surface area contributed by atoms with Crippen LogP contribution < -0.4 is 0 Å². The zero-order valence-electron chi connectivity index (χ0n) is 20.3.